The average Bonchev–Trinajstić information content (AvgIpc) is 3.28. The Kier molecular flexibility index (Phi) is 6.78. The number of carbonyl (C=O) groups is 1. The number of halogens is 1. The fourth-order valence-electron chi connectivity index (χ4n) is 6.65. The molecule has 1 aromatic heterocycles. The van der Waals surface area contributed by atoms with Gasteiger partial charge in [-0.25, -0.2) is 4.79 Å². The van der Waals surface area contributed by atoms with Crippen LogP contribution >= 0.6 is 11.6 Å². The maximum absolute atomic E-state index is 12.7. The highest BCUT2D eigenvalue weighted by atomic mass is 35.5. The van der Waals surface area contributed by atoms with Crippen molar-refractivity contribution in [2.45, 2.75) is 55.6 Å². The molecule has 1 fully saturated rings. The minimum absolute atomic E-state index is 0.108. The topological polar surface area (TPSA) is 71.5 Å². The summed E-state index contributed by atoms with van der Waals surface area (Å²) in [6.07, 6.45) is 7.16. The molecule has 2 aliphatic rings. The molecule has 5 nitrogen and oxygen atoms in total. The van der Waals surface area contributed by atoms with Crippen LogP contribution in [0.3, 0.4) is 0 Å². The SMILES string of the molecule is O=C(O)C1(Nc2cccc(Cl)c2)CCC2(CC1)c1ccccc1CC2c1ccc(OCc2cccnc2)cc1. The molecule has 0 saturated heterocycles. The maximum Gasteiger partial charge on any atom is 0.329 e. The number of hydrogen-bond acceptors (Lipinski definition) is 4. The zero-order chi connectivity index (χ0) is 26.9. The van der Waals surface area contributed by atoms with E-state index in [1.807, 2.05) is 42.6 Å². The number of anilines is 1. The summed E-state index contributed by atoms with van der Waals surface area (Å²) in [5.41, 5.74) is 4.64. The van der Waals surface area contributed by atoms with E-state index in [2.05, 4.69) is 46.7 Å². The first-order chi connectivity index (χ1) is 19.0. The molecule has 0 aliphatic heterocycles. The second kappa shape index (κ2) is 10.4. The number of carboxylic acid groups (broad SMARTS) is 1. The van der Waals surface area contributed by atoms with Gasteiger partial charge in [0.15, 0.2) is 0 Å². The fraction of sp³-hybridized carbons (Fsp3) is 0.273. The van der Waals surface area contributed by atoms with Crippen LogP contribution in [0.5, 0.6) is 5.75 Å². The summed E-state index contributed by atoms with van der Waals surface area (Å²) in [7, 11) is 0. The summed E-state index contributed by atoms with van der Waals surface area (Å²) in [6.45, 7) is 0.475. The van der Waals surface area contributed by atoms with Crippen molar-refractivity contribution in [2.24, 2.45) is 0 Å². The summed E-state index contributed by atoms with van der Waals surface area (Å²) >= 11 is 6.19. The summed E-state index contributed by atoms with van der Waals surface area (Å²) < 4.78 is 6.00. The lowest BCUT2D eigenvalue weighted by Gasteiger charge is -2.47. The number of aromatic nitrogens is 1. The number of nitrogens with zero attached hydrogens (tertiary/aromatic N) is 1. The third-order valence-electron chi connectivity index (χ3n) is 8.67. The quantitative estimate of drug-likeness (QED) is 0.256. The number of pyridine rings is 1. The smallest absolute Gasteiger partial charge is 0.329 e. The van der Waals surface area contributed by atoms with Crippen molar-refractivity contribution < 1.29 is 14.6 Å². The highest BCUT2D eigenvalue weighted by Crippen LogP contribution is 2.58. The van der Waals surface area contributed by atoms with E-state index in [-0.39, 0.29) is 11.3 Å². The number of nitrogens with one attached hydrogen (secondary N) is 1. The van der Waals surface area contributed by atoms with Crippen LogP contribution in [-0.2, 0) is 23.2 Å². The van der Waals surface area contributed by atoms with E-state index in [1.165, 1.54) is 16.7 Å². The van der Waals surface area contributed by atoms with Crippen molar-refractivity contribution in [1.29, 1.82) is 0 Å². The Morgan fingerprint density at radius 3 is 2.49 bits per heavy atom. The molecule has 6 heteroatoms. The van der Waals surface area contributed by atoms with E-state index in [9.17, 15) is 9.90 Å². The van der Waals surface area contributed by atoms with Crippen molar-refractivity contribution in [2.75, 3.05) is 5.32 Å². The minimum atomic E-state index is -1.03. The first-order valence-corrected chi connectivity index (χ1v) is 13.8. The van der Waals surface area contributed by atoms with Gasteiger partial charge in [0.2, 0.25) is 0 Å². The van der Waals surface area contributed by atoms with Gasteiger partial charge in [0.05, 0.1) is 0 Å². The standard InChI is InChI=1S/C33H31ClN2O3/c34-26-7-3-8-27(20-26)36-33(31(37)38)16-14-32(15-17-33)29-9-2-1-6-25(29)19-30(32)24-10-12-28(13-11-24)39-22-23-5-4-18-35-21-23/h1-13,18,20-21,30,36H,14-17,19,22H2,(H,37,38). The molecule has 1 spiro atoms. The van der Waals surface area contributed by atoms with Crippen LogP contribution in [0.1, 0.15) is 53.9 Å². The van der Waals surface area contributed by atoms with Gasteiger partial charge in [-0.15, -0.1) is 0 Å². The summed E-state index contributed by atoms with van der Waals surface area (Å²) in [6, 6.07) is 28.4. The Morgan fingerprint density at radius 1 is 0.974 bits per heavy atom. The monoisotopic (exact) mass is 538 g/mol. The summed E-state index contributed by atoms with van der Waals surface area (Å²) in [5, 5.41) is 14.3. The van der Waals surface area contributed by atoms with Crippen LogP contribution in [0.2, 0.25) is 5.02 Å². The molecule has 2 aliphatic carbocycles. The van der Waals surface area contributed by atoms with E-state index in [1.54, 1.807) is 18.3 Å². The van der Waals surface area contributed by atoms with E-state index < -0.39 is 11.5 Å². The Bertz CT molecular complexity index is 1460. The molecule has 1 heterocycles. The van der Waals surface area contributed by atoms with Gasteiger partial charge >= 0.3 is 5.97 Å². The van der Waals surface area contributed by atoms with E-state index in [4.69, 9.17) is 16.3 Å². The maximum atomic E-state index is 12.7. The molecule has 6 rings (SSSR count). The second-order valence-electron chi connectivity index (χ2n) is 10.8. The molecule has 39 heavy (non-hydrogen) atoms. The lowest BCUT2D eigenvalue weighted by molar-refractivity contribution is -0.144. The molecule has 3 aromatic carbocycles. The molecule has 1 saturated carbocycles. The number of carboxylic acids is 1. The predicted octanol–water partition coefficient (Wildman–Crippen LogP) is 7.40. The number of rotatable bonds is 7. The van der Waals surface area contributed by atoms with E-state index in [0.29, 0.717) is 24.5 Å². The third kappa shape index (κ3) is 4.87. The lowest BCUT2D eigenvalue weighted by Crippen LogP contribution is -2.52. The first-order valence-electron chi connectivity index (χ1n) is 13.4. The van der Waals surface area contributed by atoms with Gasteiger partial charge in [0, 0.05) is 34.1 Å². The number of ether oxygens (including phenoxy) is 1. The van der Waals surface area contributed by atoms with E-state index in [0.717, 1.165) is 36.3 Å². The van der Waals surface area contributed by atoms with Crippen molar-refractivity contribution in [3.8, 4) is 5.75 Å². The van der Waals surface area contributed by atoms with Gasteiger partial charge in [-0.3, -0.25) is 4.98 Å². The second-order valence-corrected chi connectivity index (χ2v) is 11.2. The van der Waals surface area contributed by atoms with Crippen molar-refractivity contribution in [3.63, 3.8) is 0 Å². The Morgan fingerprint density at radius 2 is 1.77 bits per heavy atom. The van der Waals surface area contributed by atoms with Crippen LogP contribution in [0.15, 0.2) is 97.3 Å². The molecule has 0 radical (unpaired) electrons. The lowest BCUT2D eigenvalue weighted by atomic mass is 9.59. The van der Waals surface area contributed by atoms with Gasteiger partial charge in [-0.1, -0.05) is 60.1 Å². The molecular formula is C33H31ClN2O3. The number of fused-ring (bicyclic) bond motifs is 2. The Labute approximate surface area is 233 Å². The van der Waals surface area contributed by atoms with Gasteiger partial charge in [0.1, 0.15) is 17.9 Å². The third-order valence-corrected chi connectivity index (χ3v) is 8.90. The molecule has 2 N–H and O–H groups in total. The largest absolute Gasteiger partial charge is 0.489 e. The predicted molar refractivity (Wildman–Crippen MR) is 153 cm³/mol. The van der Waals surface area contributed by atoms with Crippen LogP contribution in [0.25, 0.3) is 0 Å². The minimum Gasteiger partial charge on any atom is -0.489 e. The van der Waals surface area contributed by atoms with Crippen molar-refractivity contribution in [1.82, 2.24) is 4.98 Å². The Balaban J connectivity index is 1.25. The molecule has 1 unspecified atom stereocenters. The van der Waals surface area contributed by atoms with Crippen LogP contribution in [0.4, 0.5) is 5.69 Å². The average molecular weight is 539 g/mol. The summed E-state index contributed by atoms with van der Waals surface area (Å²) in [5.74, 6) is 0.293. The number of benzene rings is 3. The van der Waals surface area contributed by atoms with Crippen LogP contribution < -0.4 is 10.1 Å². The zero-order valence-electron chi connectivity index (χ0n) is 21.6. The van der Waals surface area contributed by atoms with Gasteiger partial charge in [-0.05, 0) is 91.1 Å². The fourth-order valence-corrected chi connectivity index (χ4v) is 6.84. The van der Waals surface area contributed by atoms with E-state index >= 15 is 0 Å². The normalized spacial score (nSPS) is 23.8. The highest BCUT2D eigenvalue weighted by Gasteiger charge is 2.54. The molecular weight excluding hydrogens is 508 g/mol. The van der Waals surface area contributed by atoms with Crippen molar-refractivity contribution >= 4 is 23.3 Å². The molecule has 1 atom stereocenters. The molecule has 0 amide bonds. The van der Waals surface area contributed by atoms with Crippen molar-refractivity contribution in [3.05, 3.63) is 125 Å². The molecule has 4 aromatic rings. The molecule has 198 valence electrons. The van der Waals surface area contributed by atoms with Crippen LogP contribution in [0, 0.1) is 0 Å². The number of hydrogen-bond donors (Lipinski definition) is 2. The number of aliphatic carboxylic acids is 1. The Hall–Kier alpha value is -3.83. The van der Waals surface area contributed by atoms with Gasteiger partial charge in [0.25, 0.3) is 0 Å². The first kappa shape index (κ1) is 25.4. The highest BCUT2D eigenvalue weighted by molar-refractivity contribution is 6.30. The molecule has 0 bridgehead atoms. The van der Waals surface area contributed by atoms with Gasteiger partial charge < -0.3 is 15.2 Å². The van der Waals surface area contributed by atoms with Crippen LogP contribution in [-0.4, -0.2) is 21.6 Å². The zero-order valence-corrected chi connectivity index (χ0v) is 22.4. The summed E-state index contributed by atoms with van der Waals surface area (Å²) in [4.78, 5) is 16.8. The van der Waals surface area contributed by atoms with Gasteiger partial charge in [-0.2, -0.15) is 0 Å².